The number of hydrogen-bond donors (Lipinski definition) is 0. The van der Waals surface area contributed by atoms with Gasteiger partial charge in [0.25, 0.3) is 0 Å². The first-order valence-electron chi connectivity index (χ1n) is 10.0. The van der Waals surface area contributed by atoms with E-state index < -0.39 is 8.32 Å². The summed E-state index contributed by atoms with van der Waals surface area (Å²) in [6.07, 6.45) is 1.62. The van der Waals surface area contributed by atoms with E-state index in [1.807, 2.05) is 32.4 Å². The lowest BCUT2D eigenvalue weighted by Crippen LogP contribution is -2.36. The van der Waals surface area contributed by atoms with Crippen LogP contribution in [-0.2, 0) is 9.16 Å². The number of methoxy groups -OCH3 is 1. The molecule has 2 aromatic rings. The minimum atomic E-state index is -1.85. The van der Waals surface area contributed by atoms with Crippen molar-refractivity contribution in [3.05, 3.63) is 41.9 Å². The zero-order chi connectivity index (χ0) is 21.0. The molecule has 2 atom stereocenters. The van der Waals surface area contributed by atoms with Crippen molar-refractivity contribution >= 4 is 14.2 Å². The Morgan fingerprint density at radius 3 is 2.31 bits per heavy atom. The molecule has 0 spiro atoms. The molecular weight excluding hydrogens is 386 g/mol. The van der Waals surface area contributed by atoms with Gasteiger partial charge in [0.05, 0.1) is 32.6 Å². The van der Waals surface area contributed by atoms with Crippen molar-refractivity contribution in [1.29, 1.82) is 0 Å². The second-order valence-corrected chi connectivity index (χ2v) is 12.9. The molecular formula is C21H33N3O4Si. The van der Waals surface area contributed by atoms with E-state index in [0.717, 1.165) is 30.3 Å². The molecule has 1 aromatic heterocycles. The van der Waals surface area contributed by atoms with E-state index in [9.17, 15) is 0 Å². The lowest BCUT2D eigenvalue weighted by Gasteiger charge is -2.35. The fraction of sp³-hybridized carbons (Fsp3) is 0.571. The summed E-state index contributed by atoms with van der Waals surface area (Å²) >= 11 is 0. The van der Waals surface area contributed by atoms with Crippen LogP contribution in [-0.4, -0.2) is 65.7 Å². The average molecular weight is 420 g/mol. The Hall–Kier alpha value is -1.87. The summed E-state index contributed by atoms with van der Waals surface area (Å²) in [5.41, 5.74) is 1.08. The number of benzene rings is 1. The van der Waals surface area contributed by atoms with Gasteiger partial charge in [-0.3, -0.25) is 4.90 Å². The molecule has 0 radical (unpaired) electrons. The van der Waals surface area contributed by atoms with E-state index in [0.29, 0.717) is 19.1 Å². The topological polar surface area (TPSA) is 60.2 Å². The highest BCUT2D eigenvalue weighted by atomic mass is 28.4. The molecule has 7 nitrogen and oxygen atoms in total. The minimum Gasteiger partial charge on any atom is -0.497 e. The highest BCUT2D eigenvalue weighted by Crippen LogP contribution is 2.39. The normalized spacial score (nSPS) is 17.4. The average Bonchev–Trinajstić information content (AvgIpc) is 3.16. The van der Waals surface area contributed by atoms with E-state index in [1.54, 1.807) is 7.11 Å². The number of oxazole rings is 1. The molecule has 0 aliphatic carbocycles. The maximum atomic E-state index is 6.65. The summed E-state index contributed by atoms with van der Waals surface area (Å²) in [6.45, 7) is 9.64. The first-order valence-corrected chi connectivity index (χ1v) is 13.5. The number of morpholine rings is 1. The quantitative estimate of drug-likeness (QED) is 0.604. The third kappa shape index (κ3) is 5.60. The van der Waals surface area contributed by atoms with Crippen LogP contribution in [0.2, 0.25) is 19.6 Å². The molecule has 0 saturated carbocycles. The smallest absolute Gasteiger partial charge is 0.217 e. The van der Waals surface area contributed by atoms with Crippen LogP contribution in [0.15, 0.2) is 34.9 Å². The van der Waals surface area contributed by atoms with Crippen LogP contribution in [0.4, 0.5) is 5.88 Å². The maximum Gasteiger partial charge on any atom is 0.217 e. The lowest BCUT2D eigenvalue weighted by molar-refractivity contribution is 0.0732. The van der Waals surface area contributed by atoms with E-state index in [4.69, 9.17) is 18.3 Å². The van der Waals surface area contributed by atoms with E-state index in [1.165, 1.54) is 0 Å². The van der Waals surface area contributed by atoms with Crippen molar-refractivity contribution in [2.45, 2.75) is 31.8 Å². The second-order valence-electron chi connectivity index (χ2n) is 8.47. The van der Waals surface area contributed by atoms with Crippen molar-refractivity contribution in [2.75, 3.05) is 52.4 Å². The van der Waals surface area contributed by atoms with Gasteiger partial charge in [0.15, 0.2) is 8.32 Å². The van der Waals surface area contributed by atoms with Crippen LogP contribution in [0.5, 0.6) is 5.75 Å². The zero-order valence-electron chi connectivity index (χ0n) is 18.3. The van der Waals surface area contributed by atoms with Gasteiger partial charge in [-0.2, -0.15) is 0 Å². The van der Waals surface area contributed by atoms with Gasteiger partial charge in [0.2, 0.25) is 11.8 Å². The van der Waals surface area contributed by atoms with Gasteiger partial charge in [-0.1, -0.05) is 12.1 Å². The number of rotatable bonds is 8. The van der Waals surface area contributed by atoms with Crippen LogP contribution in [0, 0.1) is 0 Å². The number of anilines is 1. The van der Waals surface area contributed by atoms with Gasteiger partial charge in [-0.25, -0.2) is 4.98 Å². The largest absolute Gasteiger partial charge is 0.497 e. The minimum absolute atomic E-state index is 0.148. The van der Waals surface area contributed by atoms with E-state index >= 15 is 0 Å². The molecule has 29 heavy (non-hydrogen) atoms. The predicted octanol–water partition coefficient (Wildman–Crippen LogP) is 3.72. The number of hydrogen-bond acceptors (Lipinski definition) is 7. The summed E-state index contributed by atoms with van der Waals surface area (Å²) in [5, 5.41) is 0. The molecule has 1 aliphatic rings. The molecule has 0 amide bonds. The second kappa shape index (κ2) is 9.29. The van der Waals surface area contributed by atoms with Gasteiger partial charge in [0, 0.05) is 13.1 Å². The van der Waals surface area contributed by atoms with Crippen LogP contribution in [0.25, 0.3) is 0 Å². The third-order valence-electron chi connectivity index (χ3n) is 4.86. The molecule has 2 unspecified atom stereocenters. The Bertz CT molecular complexity index is 767. The Morgan fingerprint density at radius 1 is 1.10 bits per heavy atom. The van der Waals surface area contributed by atoms with Gasteiger partial charge in [-0.15, -0.1) is 0 Å². The summed E-state index contributed by atoms with van der Waals surface area (Å²) in [5.74, 6) is 2.28. The molecule has 1 aromatic carbocycles. The van der Waals surface area contributed by atoms with E-state index in [2.05, 4.69) is 46.6 Å². The first kappa shape index (κ1) is 21.8. The van der Waals surface area contributed by atoms with Crippen molar-refractivity contribution in [2.24, 2.45) is 0 Å². The molecule has 0 N–H and O–H groups in total. The van der Waals surface area contributed by atoms with Crippen molar-refractivity contribution in [3.63, 3.8) is 0 Å². The molecule has 1 saturated heterocycles. The third-order valence-corrected chi connectivity index (χ3v) is 5.82. The summed E-state index contributed by atoms with van der Waals surface area (Å²) < 4.78 is 23.7. The number of likely N-dealkylation sites (N-methyl/N-ethyl adjacent to an activating group) is 1. The van der Waals surface area contributed by atoms with Crippen molar-refractivity contribution in [3.8, 4) is 5.75 Å². The lowest BCUT2D eigenvalue weighted by atomic mass is 10.0. The van der Waals surface area contributed by atoms with Crippen LogP contribution >= 0.6 is 0 Å². The zero-order valence-corrected chi connectivity index (χ0v) is 19.3. The molecule has 1 fully saturated rings. The summed E-state index contributed by atoms with van der Waals surface area (Å²) in [6, 6.07) is 7.91. The Morgan fingerprint density at radius 2 is 1.76 bits per heavy atom. The van der Waals surface area contributed by atoms with Crippen molar-refractivity contribution in [1.82, 2.24) is 9.88 Å². The van der Waals surface area contributed by atoms with E-state index in [-0.39, 0.29) is 12.1 Å². The highest BCUT2D eigenvalue weighted by molar-refractivity contribution is 6.69. The molecule has 8 heteroatoms. The maximum absolute atomic E-state index is 6.65. The predicted molar refractivity (Wildman–Crippen MR) is 116 cm³/mol. The fourth-order valence-corrected chi connectivity index (χ4v) is 4.48. The number of ether oxygens (including phenoxy) is 2. The Labute approximate surface area is 174 Å². The first-order chi connectivity index (χ1) is 13.8. The number of aromatic nitrogens is 1. The van der Waals surface area contributed by atoms with Crippen LogP contribution in [0.1, 0.15) is 23.6 Å². The molecule has 2 heterocycles. The summed E-state index contributed by atoms with van der Waals surface area (Å²) in [4.78, 5) is 8.93. The monoisotopic (exact) mass is 419 g/mol. The van der Waals surface area contributed by atoms with Crippen LogP contribution in [0.3, 0.4) is 0 Å². The van der Waals surface area contributed by atoms with Gasteiger partial charge >= 0.3 is 0 Å². The standard InChI is InChI=1S/C21H33N3O4Si/c1-23(2)19(21-22-15-18(27-21)24-11-13-26-14-12-24)20(28-29(4,5)6)16-7-9-17(25-3)10-8-16/h7-10,15,19-20H,11-14H2,1-6H3. The van der Waals surface area contributed by atoms with Crippen molar-refractivity contribution < 1.29 is 18.3 Å². The van der Waals surface area contributed by atoms with Gasteiger partial charge in [0.1, 0.15) is 11.8 Å². The van der Waals surface area contributed by atoms with Gasteiger partial charge in [-0.05, 0) is 51.4 Å². The summed E-state index contributed by atoms with van der Waals surface area (Å²) in [7, 11) is 3.90. The molecule has 1 aliphatic heterocycles. The highest BCUT2D eigenvalue weighted by Gasteiger charge is 2.35. The molecule has 3 rings (SSSR count). The fourth-order valence-electron chi connectivity index (χ4n) is 3.46. The Kier molecular flexibility index (Phi) is 7.00. The molecule has 0 bridgehead atoms. The number of nitrogens with zero attached hydrogens (tertiary/aromatic N) is 3. The van der Waals surface area contributed by atoms with Crippen LogP contribution < -0.4 is 9.64 Å². The SMILES string of the molecule is COc1ccc(C(O[Si](C)(C)C)C(c2ncc(N3CCOCC3)o2)N(C)C)cc1. The van der Waals surface area contributed by atoms with Gasteiger partial charge < -0.3 is 23.2 Å². The Balaban J connectivity index is 1.94. The molecule has 160 valence electrons.